The summed E-state index contributed by atoms with van der Waals surface area (Å²) in [7, 11) is 0. The minimum Gasteiger partial charge on any atom is -0.346 e. The number of hydrogen-bond acceptors (Lipinski definition) is 2. The Balaban J connectivity index is 1.68. The molecule has 23 heavy (non-hydrogen) atoms. The Labute approximate surface area is 139 Å². The van der Waals surface area contributed by atoms with Crippen LogP contribution in [0.25, 0.3) is 11.0 Å². The van der Waals surface area contributed by atoms with E-state index in [1.165, 1.54) is 5.56 Å². The van der Waals surface area contributed by atoms with Gasteiger partial charge in [-0.3, -0.25) is 4.79 Å². The lowest BCUT2D eigenvalue weighted by atomic mass is 10.1. The zero-order valence-corrected chi connectivity index (χ0v) is 13.8. The van der Waals surface area contributed by atoms with Gasteiger partial charge >= 0.3 is 0 Å². The van der Waals surface area contributed by atoms with Crippen LogP contribution in [0.15, 0.2) is 42.5 Å². The van der Waals surface area contributed by atoms with Crippen molar-refractivity contribution in [3.63, 3.8) is 0 Å². The van der Waals surface area contributed by atoms with Crippen molar-refractivity contribution in [2.24, 2.45) is 0 Å². The number of carbonyl (C=O) groups is 1. The number of fused-ring (bicyclic) bond motifs is 1. The zero-order chi connectivity index (χ0) is 16.4. The second kappa shape index (κ2) is 6.42. The quantitative estimate of drug-likeness (QED) is 0.762. The fraction of sp³-hybridized carbons (Fsp3) is 0.222. The number of aromatic nitrogens is 2. The van der Waals surface area contributed by atoms with Crippen LogP contribution in [0.5, 0.6) is 0 Å². The number of nitrogens with one attached hydrogen (secondary N) is 2. The highest BCUT2D eigenvalue weighted by atomic mass is 35.5. The van der Waals surface area contributed by atoms with Crippen molar-refractivity contribution in [2.75, 3.05) is 0 Å². The standard InChI is InChI=1S/C18H18ClN3O/c1-11-3-8-15-16(9-11)22-18(21-15)12(2)20-17(23)10-13-4-6-14(19)7-5-13/h3-9,12H,10H2,1-2H3,(H,20,23)(H,21,22). The van der Waals surface area contributed by atoms with Crippen molar-refractivity contribution in [2.45, 2.75) is 26.3 Å². The molecule has 3 rings (SSSR count). The molecule has 0 saturated heterocycles. The molecule has 5 heteroatoms. The fourth-order valence-electron chi connectivity index (χ4n) is 2.50. The van der Waals surface area contributed by atoms with Gasteiger partial charge in [0.05, 0.1) is 23.5 Å². The van der Waals surface area contributed by atoms with Crippen molar-refractivity contribution in [3.8, 4) is 0 Å². The van der Waals surface area contributed by atoms with Crippen molar-refractivity contribution in [1.82, 2.24) is 15.3 Å². The lowest BCUT2D eigenvalue weighted by Gasteiger charge is -2.11. The monoisotopic (exact) mass is 327 g/mol. The summed E-state index contributed by atoms with van der Waals surface area (Å²) in [6.07, 6.45) is 0.320. The van der Waals surface area contributed by atoms with Crippen molar-refractivity contribution in [3.05, 3.63) is 64.4 Å². The molecule has 1 aromatic heterocycles. The van der Waals surface area contributed by atoms with Gasteiger partial charge in [-0.05, 0) is 49.2 Å². The molecule has 0 aliphatic carbocycles. The lowest BCUT2D eigenvalue weighted by Crippen LogP contribution is -2.28. The highest BCUT2D eigenvalue weighted by molar-refractivity contribution is 6.30. The molecule has 0 bridgehead atoms. The minimum atomic E-state index is -0.178. The molecule has 0 aliphatic heterocycles. The molecular weight excluding hydrogens is 310 g/mol. The van der Waals surface area contributed by atoms with Gasteiger partial charge in [0.25, 0.3) is 0 Å². The average Bonchev–Trinajstić information content (AvgIpc) is 2.92. The summed E-state index contributed by atoms with van der Waals surface area (Å²) < 4.78 is 0. The molecular formula is C18H18ClN3O. The molecule has 0 saturated carbocycles. The van der Waals surface area contributed by atoms with Crippen molar-refractivity contribution in [1.29, 1.82) is 0 Å². The maximum atomic E-state index is 12.2. The van der Waals surface area contributed by atoms with Crippen LogP contribution in [0.1, 0.15) is 29.9 Å². The molecule has 0 spiro atoms. The Morgan fingerprint density at radius 3 is 2.74 bits per heavy atom. The van der Waals surface area contributed by atoms with E-state index in [0.29, 0.717) is 11.4 Å². The number of benzene rings is 2. The molecule has 118 valence electrons. The van der Waals surface area contributed by atoms with E-state index in [2.05, 4.69) is 15.3 Å². The van der Waals surface area contributed by atoms with Gasteiger partial charge in [0.15, 0.2) is 0 Å². The molecule has 3 aromatic rings. The van der Waals surface area contributed by atoms with Crippen LogP contribution < -0.4 is 5.32 Å². The summed E-state index contributed by atoms with van der Waals surface area (Å²) in [5.41, 5.74) is 4.00. The number of rotatable bonds is 4. The fourth-order valence-corrected chi connectivity index (χ4v) is 2.62. The summed E-state index contributed by atoms with van der Waals surface area (Å²) in [6.45, 7) is 3.96. The van der Waals surface area contributed by atoms with E-state index in [1.807, 2.05) is 44.2 Å². The molecule has 0 fully saturated rings. The summed E-state index contributed by atoms with van der Waals surface area (Å²) >= 11 is 5.85. The molecule has 2 N–H and O–H groups in total. The van der Waals surface area contributed by atoms with E-state index in [-0.39, 0.29) is 11.9 Å². The van der Waals surface area contributed by atoms with Gasteiger partial charge < -0.3 is 10.3 Å². The second-order valence-corrected chi connectivity index (χ2v) is 6.17. The SMILES string of the molecule is Cc1ccc2nc(C(C)NC(=O)Cc3ccc(Cl)cc3)[nH]c2c1. The third-order valence-electron chi connectivity index (χ3n) is 3.72. The highest BCUT2D eigenvalue weighted by Gasteiger charge is 2.14. The van der Waals surface area contributed by atoms with Gasteiger partial charge in [-0.25, -0.2) is 4.98 Å². The Hall–Kier alpha value is -2.33. The van der Waals surface area contributed by atoms with Gasteiger partial charge in [0.1, 0.15) is 5.82 Å². The number of H-pyrrole nitrogens is 1. The normalized spacial score (nSPS) is 12.3. The van der Waals surface area contributed by atoms with Crippen molar-refractivity contribution >= 4 is 28.5 Å². The topological polar surface area (TPSA) is 57.8 Å². The number of halogens is 1. The second-order valence-electron chi connectivity index (χ2n) is 5.74. The molecule has 2 aromatic carbocycles. The van der Waals surface area contributed by atoms with Gasteiger partial charge in [-0.1, -0.05) is 29.8 Å². The maximum absolute atomic E-state index is 12.2. The maximum Gasteiger partial charge on any atom is 0.224 e. The molecule has 0 radical (unpaired) electrons. The Morgan fingerprint density at radius 1 is 1.26 bits per heavy atom. The van der Waals surface area contributed by atoms with Crippen LogP contribution in [0, 0.1) is 6.92 Å². The summed E-state index contributed by atoms with van der Waals surface area (Å²) in [5, 5.41) is 3.64. The van der Waals surface area contributed by atoms with Gasteiger partial charge in [0, 0.05) is 5.02 Å². The first-order valence-electron chi connectivity index (χ1n) is 7.51. The number of nitrogens with zero attached hydrogens (tertiary/aromatic N) is 1. The molecule has 0 aliphatic rings. The summed E-state index contributed by atoms with van der Waals surface area (Å²) in [4.78, 5) is 20.0. The zero-order valence-electron chi connectivity index (χ0n) is 13.1. The molecule has 1 heterocycles. The third-order valence-corrected chi connectivity index (χ3v) is 3.97. The summed E-state index contributed by atoms with van der Waals surface area (Å²) in [5.74, 6) is 0.714. The largest absolute Gasteiger partial charge is 0.346 e. The van der Waals surface area contributed by atoms with Gasteiger partial charge in [-0.2, -0.15) is 0 Å². The number of carbonyl (C=O) groups excluding carboxylic acids is 1. The number of hydrogen-bond donors (Lipinski definition) is 2. The van der Waals surface area contributed by atoms with Crippen LogP contribution >= 0.6 is 11.6 Å². The predicted octanol–water partition coefficient (Wildman–Crippen LogP) is 3.94. The Bertz CT molecular complexity index is 839. The van der Waals surface area contributed by atoms with Gasteiger partial charge in [-0.15, -0.1) is 0 Å². The van der Waals surface area contributed by atoms with Gasteiger partial charge in [0.2, 0.25) is 5.91 Å². The van der Waals surface area contributed by atoms with Crippen LogP contribution in [-0.4, -0.2) is 15.9 Å². The molecule has 1 unspecified atom stereocenters. The predicted molar refractivity (Wildman–Crippen MR) is 92.5 cm³/mol. The Morgan fingerprint density at radius 2 is 2.00 bits per heavy atom. The highest BCUT2D eigenvalue weighted by Crippen LogP contribution is 2.17. The lowest BCUT2D eigenvalue weighted by molar-refractivity contribution is -0.121. The number of aryl methyl sites for hydroxylation is 1. The summed E-state index contributed by atoms with van der Waals surface area (Å²) in [6, 6.07) is 13.2. The number of imidazole rings is 1. The van der Waals surface area contributed by atoms with Crippen LogP contribution in [0.2, 0.25) is 5.02 Å². The number of amides is 1. The van der Waals surface area contributed by atoms with E-state index in [1.54, 1.807) is 12.1 Å². The van der Waals surface area contributed by atoms with Crippen LogP contribution in [-0.2, 0) is 11.2 Å². The van der Waals surface area contributed by atoms with E-state index >= 15 is 0 Å². The minimum absolute atomic E-state index is 0.0449. The average molecular weight is 328 g/mol. The van der Waals surface area contributed by atoms with E-state index in [0.717, 1.165) is 22.4 Å². The first kappa shape index (κ1) is 15.6. The first-order chi connectivity index (χ1) is 11.0. The molecule has 1 atom stereocenters. The Kier molecular flexibility index (Phi) is 4.35. The first-order valence-corrected chi connectivity index (χ1v) is 7.89. The van der Waals surface area contributed by atoms with Crippen LogP contribution in [0.4, 0.5) is 0 Å². The van der Waals surface area contributed by atoms with E-state index in [4.69, 9.17) is 11.6 Å². The van der Waals surface area contributed by atoms with Crippen molar-refractivity contribution < 1.29 is 4.79 Å². The van der Waals surface area contributed by atoms with E-state index in [9.17, 15) is 4.79 Å². The third kappa shape index (κ3) is 3.71. The van der Waals surface area contributed by atoms with Crippen LogP contribution in [0.3, 0.4) is 0 Å². The molecule has 4 nitrogen and oxygen atoms in total. The van der Waals surface area contributed by atoms with E-state index < -0.39 is 0 Å². The smallest absolute Gasteiger partial charge is 0.224 e. The number of aromatic amines is 1. The molecule has 1 amide bonds.